The predicted molar refractivity (Wildman–Crippen MR) is 81.1 cm³/mol. The summed E-state index contributed by atoms with van der Waals surface area (Å²) in [4.78, 5) is 16.9. The van der Waals surface area contributed by atoms with Crippen LogP contribution in [-0.2, 0) is 11.3 Å². The van der Waals surface area contributed by atoms with E-state index in [1.54, 1.807) is 0 Å². The lowest BCUT2D eigenvalue weighted by Gasteiger charge is -2.25. The fraction of sp³-hybridized carbons (Fsp3) is 0.562. The van der Waals surface area contributed by atoms with Crippen molar-refractivity contribution in [1.82, 2.24) is 9.80 Å². The Bertz CT molecular complexity index is 421. The van der Waals surface area contributed by atoms with E-state index in [4.69, 9.17) is 5.73 Å². The molecule has 2 rings (SSSR count). The fourth-order valence-corrected chi connectivity index (χ4v) is 2.75. The largest absolute Gasteiger partial charge is 0.338 e. The third kappa shape index (κ3) is 4.05. The van der Waals surface area contributed by atoms with Crippen molar-refractivity contribution < 1.29 is 4.79 Å². The molecule has 1 saturated heterocycles. The molecule has 0 aliphatic carbocycles. The van der Waals surface area contributed by atoms with Gasteiger partial charge in [0.25, 0.3) is 0 Å². The summed E-state index contributed by atoms with van der Waals surface area (Å²) in [6.45, 7) is 3.98. The van der Waals surface area contributed by atoms with Gasteiger partial charge in [0, 0.05) is 19.6 Å². The first-order valence-corrected chi connectivity index (χ1v) is 7.42. The van der Waals surface area contributed by atoms with E-state index in [0.29, 0.717) is 13.1 Å². The van der Waals surface area contributed by atoms with E-state index in [2.05, 4.69) is 24.1 Å². The molecule has 0 spiro atoms. The smallest absolute Gasteiger partial charge is 0.227 e. The molecule has 1 aromatic carbocycles. The Morgan fingerprint density at radius 2 is 2.15 bits per heavy atom. The highest BCUT2D eigenvalue weighted by Crippen LogP contribution is 2.18. The lowest BCUT2D eigenvalue weighted by molar-refractivity contribution is -0.135. The van der Waals surface area contributed by atoms with Crippen molar-refractivity contribution in [2.75, 3.05) is 33.2 Å². The second-order valence-electron chi connectivity index (χ2n) is 5.64. The van der Waals surface area contributed by atoms with Crippen LogP contribution in [0, 0.1) is 5.92 Å². The summed E-state index contributed by atoms with van der Waals surface area (Å²) in [6.07, 6.45) is 1.84. The summed E-state index contributed by atoms with van der Waals surface area (Å²) < 4.78 is 0. The predicted octanol–water partition coefficient (Wildman–Crippen LogP) is 1.32. The number of likely N-dealkylation sites (tertiary alicyclic amines) is 1. The van der Waals surface area contributed by atoms with Crippen molar-refractivity contribution in [3.8, 4) is 0 Å². The quantitative estimate of drug-likeness (QED) is 0.852. The Morgan fingerprint density at radius 1 is 1.40 bits per heavy atom. The Labute approximate surface area is 121 Å². The van der Waals surface area contributed by atoms with E-state index >= 15 is 0 Å². The van der Waals surface area contributed by atoms with Gasteiger partial charge in [0.05, 0.1) is 5.92 Å². The molecule has 0 bridgehead atoms. The SMILES string of the molecule is CN1CCC(C(=O)N(CCCN)Cc2ccccc2)C1. The van der Waals surface area contributed by atoms with Gasteiger partial charge >= 0.3 is 0 Å². The number of rotatable bonds is 6. The highest BCUT2D eigenvalue weighted by molar-refractivity contribution is 5.79. The van der Waals surface area contributed by atoms with Gasteiger partial charge in [0.15, 0.2) is 0 Å². The number of carbonyl (C=O) groups is 1. The fourth-order valence-electron chi connectivity index (χ4n) is 2.75. The molecule has 1 amide bonds. The summed E-state index contributed by atoms with van der Waals surface area (Å²) in [6, 6.07) is 10.2. The van der Waals surface area contributed by atoms with Crippen LogP contribution in [0.2, 0.25) is 0 Å². The number of amides is 1. The van der Waals surface area contributed by atoms with Gasteiger partial charge in [0.1, 0.15) is 0 Å². The highest BCUT2D eigenvalue weighted by atomic mass is 16.2. The Kier molecular flexibility index (Phi) is 5.56. The maximum atomic E-state index is 12.7. The van der Waals surface area contributed by atoms with Gasteiger partial charge in [-0.05, 0) is 38.5 Å². The third-order valence-corrected chi connectivity index (χ3v) is 3.90. The zero-order valence-electron chi connectivity index (χ0n) is 12.3. The van der Waals surface area contributed by atoms with Crippen molar-refractivity contribution in [3.05, 3.63) is 35.9 Å². The Hall–Kier alpha value is -1.39. The summed E-state index contributed by atoms with van der Waals surface area (Å²) in [5.74, 6) is 0.438. The summed E-state index contributed by atoms with van der Waals surface area (Å²) in [5.41, 5.74) is 6.78. The number of hydrogen-bond acceptors (Lipinski definition) is 3. The number of nitrogens with two attached hydrogens (primary N) is 1. The van der Waals surface area contributed by atoms with Crippen LogP contribution in [0.25, 0.3) is 0 Å². The zero-order chi connectivity index (χ0) is 14.4. The standard InChI is InChI=1S/C16H25N3O/c1-18-11-8-15(13-18)16(20)19(10-5-9-17)12-14-6-3-2-4-7-14/h2-4,6-7,15H,5,8-13,17H2,1H3. The molecule has 1 atom stereocenters. The van der Waals surface area contributed by atoms with E-state index in [-0.39, 0.29) is 11.8 Å². The van der Waals surface area contributed by atoms with Gasteiger partial charge in [-0.15, -0.1) is 0 Å². The average molecular weight is 275 g/mol. The molecule has 1 aliphatic heterocycles. The Morgan fingerprint density at radius 3 is 2.75 bits per heavy atom. The molecule has 4 heteroatoms. The molecule has 1 aromatic rings. The normalized spacial score (nSPS) is 19.2. The van der Waals surface area contributed by atoms with Crippen LogP contribution in [0.1, 0.15) is 18.4 Å². The lowest BCUT2D eigenvalue weighted by Crippen LogP contribution is -2.38. The Balaban J connectivity index is 2.00. The van der Waals surface area contributed by atoms with Crippen LogP contribution in [0.3, 0.4) is 0 Å². The van der Waals surface area contributed by atoms with Gasteiger partial charge in [0.2, 0.25) is 5.91 Å². The first kappa shape index (κ1) is 15.0. The molecular formula is C16H25N3O. The second kappa shape index (κ2) is 7.41. The minimum Gasteiger partial charge on any atom is -0.338 e. The monoisotopic (exact) mass is 275 g/mol. The number of hydrogen-bond donors (Lipinski definition) is 1. The topological polar surface area (TPSA) is 49.6 Å². The van der Waals surface area contributed by atoms with Crippen molar-refractivity contribution in [1.29, 1.82) is 0 Å². The van der Waals surface area contributed by atoms with Gasteiger partial charge in [-0.1, -0.05) is 30.3 Å². The molecule has 1 unspecified atom stereocenters. The van der Waals surface area contributed by atoms with E-state index in [1.165, 1.54) is 5.56 Å². The summed E-state index contributed by atoms with van der Waals surface area (Å²) in [5, 5.41) is 0. The first-order valence-electron chi connectivity index (χ1n) is 7.42. The summed E-state index contributed by atoms with van der Waals surface area (Å²) in [7, 11) is 2.08. The minimum absolute atomic E-state index is 0.154. The van der Waals surface area contributed by atoms with Crippen LogP contribution >= 0.6 is 0 Å². The van der Waals surface area contributed by atoms with Gasteiger partial charge in [-0.2, -0.15) is 0 Å². The number of carbonyl (C=O) groups excluding carboxylic acids is 1. The van der Waals surface area contributed by atoms with Gasteiger partial charge in [-0.3, -0.25) is 4.79 Å². The molecule has 1 fully saturated rings. The van der Waals surface area contributed by atoms with E-state index in [1.807, 2.05) is 23.1 Å². The van der Waals surface area contributed by atoms with Gasteiger partial charge < -0.3 is 15.5 Å². The van der Waals surface area contributed by atoms with Crippen molar-refractivity contribution in [2.24, 2.45) is 11.7 Å². The minimum atomic E-state index is 0.154. The number of benzene rings is 1. The molecule has 4 nitrogen and oxygen atoms in total. The van der Waals surface area contributed by atoms with Crippen molar-refractivity contribution in [3.63, 3.8) is 0 Å². The summed E-state index contributed by atoms with van der Waals surface area (Å²) >= 11 is 0. The van der Waals surface area contributed by atoms with E-state index in [0.717, 1.165) is 32.5 Å². The molecule has 0 radical (unpaired) electrons. The molecule has 110 valence electrons. The highest BCUT2D eigenvalue weighted by Gasteiger charge is 2.29. The molecule has 1 heterocycles. The van der Waals surface area contributed by atoms with E-state index < -0.39 is 0 Å². The molecule has 20 heavy (non-hydrogen) atoms. The van der Waals surface area contributed by atoms with E-state index in [9.17, 15) is 4.79 Å². The molecule has 2 N–H and O–H groups in total. The van der Waals surface area contributed by atoms with Crippen LogP contribution in [0.4, 0.5) is 0 Å². The van der Waals surface area contributed by atoms with Crippen LogP contribution < -0.4 is 5.73 Å². The molecule has 0 aromatic heterocycles. The maximum Gasteiger partial charge on any atom is 0.227 e. The zero-order valence-corrected chi connectivity index (χ0v) is 12.3. The average Bonchev–Trinajstić information content (AvgIpc) is 2.90. The van der Waals surface area contributed by atoms with Gasteiger partial charge in [-0.25, -0.2) is 0 Å². The number of nitrogens with zero attached hydrogens (tertiary/aromatic N) is 2. The maximum absolute atomic E-state index is 12.7. The first-order chi connectivity index (χ1) is 9.70. The van der Waals surface area contributed by atoms with Crippen molar-refractivity contribution >= 4 is 5.91 Å². The third-order valence-electron chi connectivity index (χ3n) is 3.90. The van der Waals surface area contributed by atoms with Crippen LogP contribution in [0.5, 0.6) is 0 Å². The molecule has 1 aliphatic rings. The van der Waals surface area contributed by atoms with Crippen LogP contribution in [-0.4, -0.2) is 48.9 Å². The molecule has 0 saturated carbocycles. The second-order valence-corrected chi connectivity index (χ2v) is 5.64. The molecular weight excluding hydrogens is 250 g/mol. The van der Waals surface area contributed by atoms with Crippen LogP contribution in [0.15, 0.2) is 30.3 Å². The lowest BCUT2D eigenvalue weighted by atomic mass is 10.1. The van der Waals surface area contributed by atoms with Crippen molar-refractivity contribution in [2.45, 2.75) is 19.4 Å².